The summed E-state index contributed by atoms with van der Waals surface area (Å²) in [6.45, 7) is 0. The molecule has 0 heterocycles. The van der Waals surface area contributed by atoms with Crippen LogP contribution in [0.2, 0.25) is 0 Å². The highest BCUT2D eigenvalue weighted by atomic mass is 19.3. The first-order chi connectivity index (χ1) is 5.29. The molecule has 0 aliphatic rings. The van der Waals surface area contributed by atoms with Gasteiger partial charge in [0.2, 0.25) is 0 Å². The molecule has 0 aliphatic carbocycles. The summed E-state index contributed by atoms with van der Waals surface area (Å²) >= 11 is 0. The lowest BCUT2D eigenvalue weighted by Crippen LogP contribution is -2.46. The zero-order valence-electron chi connectivity index (χ0n) is 5.78. The highest BCUT2D eigenvalue weighted by Crippen LogP contribution is 2.34. The van der Waals surface area contributed by atoms with Crippen molar-refractivity contribution >= 4 is 5.97 Å². The van der Waals surface area contributed by atoms with Gasteiger partial charge in [-0.25, -0.2) is 4.79 Å². The molecule has 7 heteroatoms. The van der Waals surface area contributed by atoms with Crippen LogP contribution in [-0.2, 0) is 9.53 Å². The van der Waals surface area contributed by atoms with Gasteiger partial charge in [-0.15, -0.1) is 0 Å². The summed E-state index contributed by atoms with van der Waals surface area (Å²) in [7, 11) is 0.518. The minimum absolute atomic E-state index is 0.0126. The molecule has 3 nitrogen and oxygen atoms in total. The zero-order chi connectivity index (χ0) is 9.99. The molecule has 0 aromatic rings. The minimum atomic E-state index is -5.10. The van der Waals surface area contributed by atoms with Crippen molar-refractivity contribution in [1.82, 2.24) is 0 Å². The fraction of sp³-hybridized carbons (Fsp3) is 0.600. The van der Waals surface area contributed by atoms with Crippen molar-refractivity contribution in [3.8, 4) is 6.07 Å². The SMILES string of the molecule is COC(=O)C(F)(F)C(F)(F)C#N. The molecule has 0 bridgehead atoms. The van der Waals surface area contributed by atoms with E-state index in [-0.39, 0.29) is 6.07 Å². The Morgan fingerprint density at radius 3 is 2.08 bits per heavy atom. The highest BCUT2D eigenvalue weighted by molar-refractivity contribution is 5.79. The first kappa shape index (κ1) is 10.7. The van der Waals surface area contributed by atoms with Crippen molar-refractivity contribution < 1.29 is 27.1 Å². The molecule has 0 fully saturated rings. The van der Waals surface area contributed by atoms with E-state index in [1.165, 1.54) is 0 Å². The van der Waals surface area contributed by atoms with Gasteiger partial charge in [0.1, 0.15) is 6.07 Å². The van der Waals surface area contributed by atoms with Crippen molar-refractivity contribution in [2.75, 3.05) is 7.11 Å². The van der Waals surface area contributed by atoms with E-state index in [0.29, 0.717) is 7.11 Å². The summed E-state index contributed by atoms with van der Waals surface area (Å²) in [6.07, 6.45) is 0. The number of nitriles is 1. The summed E-state index contributed by atoms with van der Waals surface area (Å²) in [5.74, 6) is -12.6. The standard InChI is InChI=1S/C5H3F4NO2/c1-12-3(11)5(8,9)4(6,7)2-10/h1H3. The third kappa shape index (κ3) is 1.47. The fourth-order valence-corrected chi connectivity index (χ4v) is 0.327. The second-order valence-corrected chi connectivity index (χ2v) is 1.75. The molecular formula is C5H3F4NO2. The van der Waals surface area contributed by atoms with Crippen LogP contribution in [0.3, 0.4) is 0 Å². The molecule has 0 atom stereocenters. The molecule has 68 valence electrons. The number of carbonyl (C=O) groups excluding carboxylic acids is 1. The molecule has 12 heavy (non-hydrogen) atoms. The predicted octanol–water partition coefficient (Wildman–Crippen LogP) is 0.954. The number of hydrogen-bond donors (Lipinski definition) is 0. The number of nitrogens with zero attached hydrogens (tertiary/aromatic N) is 1. The topological polar surface area (TPSA) is 50.1 Å². The number of methoxy groups -OCH3 is 1. The van der Waals surface area contributed by atoms with Gasteiger partial charge in [0.15, 0.2) is 0 Å². The molecule has 0 saturated heterocycles. The van der Waals surface area contributed by atoms with Crippen molar-refractivity contribution in [1.29, 1.82) is 5.26 Å². The maximum Gasteiger partial charge on any atom is 0.418 e. The van der Waals surface area contributed by atoms with E-state index in [9.17, 15) is 22.4 Å². The number of ether oxygens (including phenoxy) is 1. The Morgan fingerprint density at radius 2 is 1.83 bits per heavy atom. The first-order valence-electron chi connectivity index (χ1n) is 2.55. The lowest BCUT2D eigenvalue weighted by molar-refractivity contribution is -0.208. The molecule has 0 spiro atoms. The molecular weight excluding hydrogens is 182 g/mol. The van der Waals surface area contributed by atoms with Crippen LogP contribution in [0.15, 0.2) is 0 Å². The van der Waals surface area contributed by atoms with Crippen LogP contribution < -0.4 is 0 Å². The number of halogens is 4. The van der Waals surface area contributed by atoms with Gasteiger partial charge in [-0.3, -0.25) is 0 Å². The van der Waals surface area contributed by atoms with Crippen LogP contribution in [0.4, 0.5) is 17.6 Å². The number of hydrogen-bond acceptors (Lipinski definition) is 3. The number of alkyl halides is 4. The van der Waals surface area contributed by atoms with Gasteiger partial charge >= 0.3 is 17.8 Å². The quantitative estimate of drug-likeness (QED) is 0.475. The summed E-state index contributed by atoms with van der Waals surface area (Å²) in [5.41, 5.74) is 0. The normalized spacial score (nSPS) is 12.0. The minimum Gasteiger partial charge on any atom is -0.464 e. The molecule has 0 aliphatic heterocycles. The van der Waals surface area contributed by atoms with E-state index in [1.54, 1.807) is 0 Å². The van der Waals surface area contributed by atoms with Crippen molar-refractivity contribution in [2.24, 2.45) is 0 Å². The summed E-state index contributed by atoms with van der Waals surface area (Å²) in [6, 6.07) is 0.0126. The maximum atomic E-state index is 12.1. The molecule has 0 radical (unpaired) electrons. The largest absolute Gasteiger partial charge is 0.464 e. The Hall–Kier alpha value is -1.32. The molecule has 0 saturated carbocycles. The first-order valence-corrected chi connectivity index (χ1v) is 2.55. The molecule has 0 N–H and O–H groups in total. The number of rotatable bonds is 2. The summed E-state index contributed by atoms with van der Waals surface area (Å²) in [4.78, 5) is 10.0. The van der Waals surface area contributed by atoms with Gasteiger partial charge in [-0.05, 0) is 0 Å². The van der Waals surface area contributed by atoms with Gasteiger partial charge in [0.05, 0.1) is 7.11 Å². The van der Waals surface area contributed by atoms with Crippen molar-refractivity contribution in [3.63, 3.8) is 0 Å². The molecule has 0 aromatic carbocycles. The van der Waals surface area contributed by atoms with Gasteiger partial charge < -0.3 is 4.74 Å². The molecule has 0 aromatic heterocycles. The van der Waals surface area contributed by atoms with E-state index in [0.717, 1.165) is 0 Å². The Bertz CT molecular complexity index is 232. The van der Waals surface area contributed by atoms with Crippen LogP contribution in [-0.4, -0.2) is 24.9 Å². The Morgan fingerprint density at radius 1 is 1.42 bits per heavy atom. The molecule has 0 unspecified atom stereocenters. The Balaban J connectivity index is 4.87. The predicted molar refractivity (Wildman–Crippen MR) is 27.5 cm³/mol. The lowest BCUT2D eigenvalue weighted by Gasteiger charge is -2.17. The zero-order valence-corrected chi connectivity index (χ0v) is 5.78. The van der Waals surface area contributed by atoms with E-state index < -0.39 is 17.8 Å². The number of carbonyl (C=O) groups is 1. The van der Waals surface area contributed by atoms with Crippen LogP contribution in [0, 0.1) is 11.3 Å². The van der Waals surface area contributed by atoms with Crippen LogP contribution >= 0.6 is 0 Å². The van der Waals surface area contributed by atoms with Crippen LogP contribution in [0.25, 0.3) is 0 Å². The third-order valence-corrected chi connectivity index (χ3v) is 0.977. The molecule has 0 rings (SSSR count). The summed E-state index contributed by atoms with van der Waals surface area (Å²) < 4.78 is 51.6. The van der Waals surface area contributed by atoms with E-state index in [1.807, 2.05) is 0 Å². The van der Waals surface area contributed by atoms with E-state index >= 15 is 0 Å². The van der Waals surface area contributed by atoms with Crippen molar-refractivity contribution in [2.45, 2.75) is 11.8 Å². The van der Waals surface area contributed by atoms with Gasteiger partial charge in [0, 0.05) is 0 Å². The second kappa shape index (κ2) is 2.97. The lowest BCUT2D eigenvalue weighted by atomic mass is 10.2. The third-order valence-electron chi connectivity index (χ3n) is 0.977. The smallest absolute Gasteiger partial charge is 0.418 e. The van der Waals surface area contributed by atoms with Gasteiger partial charge in [0.25, 0.3) is 0 Å². The van der Waals surface area contributed by atoms with Crippen LogP contribution in [0.1, 0.15) is 0 Å². The van der Waals surface area contributed by atoms with Gasteiger partial charge in [-0.2, -0.15) is 22.8 Å². The molecule has 0 amide bonds. The monoisotopic (exact) mass is 185 g/mol. The van der Waals surface area contributed by atoms with Gasteiger partial charge in [-0.1, -0.05) is 0 Å². The van der Waals surface area contributed by atoms with E-state index in [2.05, 4.69) is 4.74 Å². The second-order valence-electron chi connectivity index (χ2n) is 1.75. The number of esters is 1. The Kier molecular flexibility index (Phi) is 2.64. The summed E-state index contributed by atoms with van der Waals surface area (Å²) in [5, 5.41) is 7.59. The van der Waals surface area contributed by atoms with Crippen LogP contribution in [0.5, 0.6) is 0 Å². The average molecular weight is 185 g/mol. The Labute approximate surface area is 64.5 Å². The maximum absolute atomic E-state index is 12.1. The van der Waals surface area contributed by atoms with E-state index in [4.69, 9.17) is 5.26 Å². The van der Waals surface area contributed by atoms with Crippen molar-refractivity contribution in [3.05, 3.63) is 0 Å². The average Bonchev–Trinajstić information content (AvgIpc) is 2.02. The highest BCUT2D eigenvalue weighted by Gasteiger charge is 2.64. The fourth-order valence-electron chi connectivity index (χ4n) is 0.327.